The van der Waals surface area contributed by atoms with Crippen molar-refractivity contribution in [1.29, 1.82) is 0 Å². The van der Waals surface area contributed by atoms with Crippen molar-refractivity contribution in [2.75, 3.05) is 33.3 Å². The minimum atomic E-state index is -3.96. The standard InChI is InChI=1S/C18H20F2N2O3S/c1-25-16-4-2-3-14(11-16)13-21-7-9-22(10-8-21)26(23,24)18-6-5-15(19)12-17(18)20/h2-6,11-12H,7-10,13H2,1H3/p+1. The molecule has 2 aromatic carbocycles. The Bertz CT molecular complexity index is 882. The van der Waals surface area contributed by atoms with Crippen LogP contribution in [-0.2, 0) is 16.6 Å². The van der Waals surface area contributed by atoms with E-state index < -0.39 is 26.6 Å². The van der Waals surface area contributed by atoms with E-state index in [-0.39, 0.29) is 0 Å². The minimum absolute atomic E-state index is 0.290. The summed E-state index contributed by atoms with van der Waals surface area (Å²) in [5.41, 5.74) is 1.11. The third-order valence-corrected chi connectivity index (χ3v) is 6.46. The Balaban J connectivity index is 1.65. The number of hydrogen-bond acceptors (Lipinski definition) is 3. The van der Waals surface area contributed by atoms with E-state index in [2.05, 4.69) is 0 Å². The van der Waals surface area contributed by atoms with Gasteiger partial charge in [0.2, 0.25) is 10.0 Å². The minimum Gasteiger partial charge on any atom is -0.497 e. The van der Waals surface area contributed by atoms with Crippen LogP contribution in [0.3, 0.4) is 0 Å². The molecule has 0 atom stereocenters. The van der Waals surface area contributed by atoms with Gasteiger partial charge in [-0.3, -0.25) is 0 Å². The van der Waals surface area contributed by atoms with Crippen LogP contribution in [0, 0.1) is 11.6 Å². The third-order valence-electron chi connectivity index (χ3n) is 4.53. The lowest BCUT2D eigenvalue weighted by atomic mass is 10.2. The number of ether oxygens (including phenoxy) is 1. The molecule has 0 bridgehead atoms. The fraction of sp³-hybridized carbons (Fsp3) is 0.333. The zero-order valence-electron chi connectivity index (χ0n) is 14.4. The molecule has 0 amide bonds. The summed E-state index contributed by atoms with van der Waals surface area (Å²) in [4.78, 5) is 0.763. The van der Waals surface area contributed by atoms with Gasteiger partial charge in [-0.05, 0) is 24.3 Å². The number of rotatable bonds is 5. The van der Waals surface area contributed by atoms with Crippen molar-refractivity contribution in [2.45, 2.75) is 11.4 Å². The molecule has 5 nitrogen and oxygen atoms in total. The first-order valence-electron chi connectivity index (χ1n) is 8.32. The molecule has 0 aliphatic carbocycles. The Morgan fingerprint density at radius 1 is 1.12 bits per heavy atom. The molecule has 1 N–H and O–H groups in total. The highest BCUT2D eigenvalue weighted by Crippen LogP contribution is 2.20. The zero-order valence-corrected chi connectivity index (χ0v) is 15.2. The highest BCUT2D eigenvalue weighted by atomic mass is 32.2. The van der Waals surface area contributed by atoms with Crippen molar-refractivity contribution < 1.29 is 26.8 Å². The number of nitrogens with zero attached hydrogens (tertiary/aromatic N) is 1. The van der Waals surface area contributed by atoms with Crippen molar-refractivity contribution in [3.63, 3.8) is 0 Å². The van der Waals surface area contributed by atoms with Crippen LogP contribution in [0.5, 0.6) is 5.75 Å². The van der Waals surface area contributed by atoms with Crippen LogP contribution >= 0.6 is 0 Å². The summed E-state index contributed by atoms with van der Waals surface area (Å²) in [6.07, 6.45) is 0. The molecule has 0 unspecified atom stereocenters. The highest BCUT2D eigenvalue weighted by Gasteiger charge is 2.32. The summed E-state index contributed by atoms with van der Waals surface area (Å²) in [6.45, 7) is 2.56. The molecule has 1 saturated heterocycles. The summed E-state index contributed by atoms with van der Waals surface area (Å²) >= 11 is 0. The van der Waals surface area contributed by atoms with Crippen molar-refractivity contribution >= 4 is 10.0 Å². The van der Waals surface area contributed by atoms with Crippen molar-refractivity contribution in [3.05, 3.63) is 59.7 Å². The van der Waals surface area contributed by atoms with Gasteiger partial charge in [0, 0.05) is 11.6 Å². The van der Waals surface area contributed by atoms with E-state index in [0.717, 1.165) is 30.0 Å². The van der Waals surface area contributed by atoms with Crippen LogP contribution in [0.2, 0.25) is 0 Å². The van der Waals surface area contributed by atoms with Crippen LogP contribution in [-0.4, -0.2) is 46.0 Å². The van der Waals surface area contributed by atoms with Crippen molar-refractivity contribution in [2.24, 2.45) is 0 Å². The van der Waals surface area contributed by atoms with Crippen LogP contribution in [0.15, 0.2) is 47.4 Å². The molecule has 1 aliphatic heterocycles. The topological polar surface area (TPSA) is 51.1 Å². The molecule has 26 heavy (non-hydrogen) atoms. The van der Waals surface area contributed by atoms with E-state index in [1.165, 1.54) is 9.21 Å². The second kappa shape index (κ2) is 7.69. The largest absolute Gasteiger partial charge is 0.497 e. The Labute approximate surface area is 151 Å². The van der Waals surface area contributed by atoms with E-state index in [1.807, 2.05) is 24.3 Å². The average molecular weight is 383 g/mol. The first-order chi connectivity index (χ1) is 12.4. The van der Waals surface area contributed by atoms with Gasteiger partial charge in [-0.25, -0.2) is 17.2 Å². The molecule has 1 aliphatic rings. The number of nitrogens with one attached hydrogen (secondary N) is 1. The number of quaternary nitrogens is 1. The second-order valence-electron chi connectivity index (χ2n) is 6.26. The van der Waals surface area contributed by atoms with E-state index >= 15 is 0 Å². The number of hydrogen-bond donors (Lipinski definition) is 1. The quantitative estimate of drug-likeness (QED) is 0.840. The van der Waals surface area contributed by atoms with Gasteiger partial charge >= 0.3 is 0 Å². The highest BCUT2D eigenvalue weighted by molar-refractivity contribution is 7.89. The Hall–Kier alpha value is -2.03. The maximum absolute atomic E-state index is 13.9. The molecular weight excluding hydrogens is 362 g/mol. The van der Waals surface area contributed by atoms with Crippen molar-refractivity contribution in [3.8, 4) is 5.75 Å². The Kier molecular flexibility index (Phi) is 5.55. The monoisotopic (exact) mass is 383 g/mol. The van der Waals surface area contributed by atoms with Crippen LogP contribution in [0.4, 0.5) is 8.78 Å². The first-order valence-corrected chi connectivity index (χ1v) is 9.76. The first kappa shape index (κ1) is 18.8. The van der Waals surface area contributed by atoms with Gasteiger partial charge in [-0.1, -0.05) is 12.1 Å². The molecule has 1 fully saturated rings. The third kappa shape index (κ3) is 4.03. The normalized spacial score (nSPS) is 16.6. The van der Waals surface area contributed by atoms with Gasteiger partial charge < -0.3 is 9.64 Å². The van der Waals surface area contributed by atoms with Gasteiger partial charge in [-0.2, -0.15) is 4.31 Å². The van der Waals surface area contributed by atoms with Gasteiger partial charge in [-0.15, -0.1) is 0 Å². The van der Waals surface area contributed by atoms with Crippen LogP contribution < -0.4 is 9.64 Å². The van der Waals surface area contributed by atoms with E-state index in [9.17, 15) is 17.2 Å². The summed E-state index contributed by atoms with van der Waals surface area (Å²) in [6, 6.07) is 10.3. The van der Waals surface area contributed by atoms with Crippen LogP contribution in [0.25, 0.3) is 0 Å². The smallest absolute Gasteiger partial charge is 0.246 e. The van der Waals surface area contributed by atoms with Crippen LogP contribution in [0.1, 0.15) is 5.56 Å². The average Bonchev–Trinajstić information content (AvgIpc) is 2.62. The fourth-order valence-corrected chi connectivity index (χ4v) is 4.60. The summed E-state index contributed by atoms with van der Waals surface area (Å²) in [5.74, 6) is -1.07. The molecular formula is C18H21F2N2O3S+. The molecule has 140 valence electrons. The molecule has 3 rings (SSSR count). The van der Waals surface area contributed by atoms with Gasteiger partial charge in [0.25, 0.3) is 0 Å². The zero-order chi connectivity index (χ0) is 18.7. The molecule has 0 saturated carbocycles. The summed E-state index contributed by atoms with van der Waals surface area (Å²) in [7, 11) is -2.34. The SMILES string of the molecule is COc1cccc(C[NH+]2CCN(S(=O)(=O)c3ccc(F)cc3F)CC2)c1. The predicted octanol–water partition coefficient (Wildman–Crippen LogP) is 1.06. The van der Waals surface area contributed by atoms with E-state index in [4.69, 9.17) is 4.74 Å². The molecule has 8 heteroatoms. The Morgan fingerprint density at radius 2 is 1.85 bits per heavy atom. The van der Waals surface area contributed by atoms with Gasteiger partial charge in [0.1, 0.15) is 28.8 Å². The molecule has 0 aromatic heterocycles. The molecule has 1 heterocycles. The van der Waals surface area contributed by atoms with Gasteiger partial charge in [0.05, 0.1) is 33.3 Å². The number of benzene rings is 2. The summed E-state index contributed by atoms with van der Waals surface area (Å²) in [5, 5.41) is 0. The lowest BCUT2D eigenvalue weighted by Crippen LogP contribution is -3.13. The van der Waals surface area contributed by atoms with Gasteiger partial charge in [0.15, 0.2) is 0 Å². The molecule has 0 spiro atoms. The Morgan fingerprint density at radius 3 is 2.50 bits per heavy atom. The molecule has 2 aromatic rings. The number of halogens is 2. The van der Waals surface area contributed by atoms with E-state index in [1.54, 1.807) is 7.11 Å². The number of piperazine rings is 1. The molecule has 0 radical (unpaired) electrons. The lowest BCUT2D eigenvalue weighted by molar-refractivity contribution is -0.917. The number of methoxy groups -OCH3 is 1. The van der Waals surface area contributed by atoms with Crippen molar-refractivity contribution in [1.82, 2.24) is 4.31 Å². The maximum Gasteiger partial charge on any atom is 0.246 e. The lowest BCUT2D eigenvalue weighted by Gasteiger charge is -2.31. The predicted molar refractivity (Wildman–Crippen MR) is 92.5 cm³/mol. The second-order valence-corrected chi connectivity index (χ2v) is 8.16. The van der Waals surface area contributed by atoms with E-state index in [0.29, 0.717) is 32.2 Å². The number of sulfonamides is 1. The maximum atomic E-state index is 13.9. The summed E-state index contributed by atoms with van der Waals surface area (Å²) < 4.78 is 58.6. The fourth-order valence-electron chi connectivity index (χ4n) is 3.11.